The number of methoxy groups -OCH3 is 1. The molecule has 0 aromatic rings. The maximum atomic E-state index is 10.8. The fourth-order valence-corrected chi connectivity index (χ4v) is 4.04. The van der Waals surface area contributed by atoms with E-state index in [2.05, 4.69) is 39.3 Å². The molecule has 1 fully saturated rings. The summed E-state index contributed by atoms with van der Waals surface area (Å²) in [6.07, 6.45) is 8.27. The minimum Gasteiger partial charge on any atom is -0.386 e. The van der Waals surface area contributed by atoms with E-state index in [1.54, 1.807) is 0 Å². The van der Waals surface area contributed by atoms with Crippen molar-refractivity contribution in [3.8, 4) is 0 Å². The Kier molecular flexibility index (Phi) is 8.99. The molecule has 0 amide bonds. The standard InChI is InChI=1S/C20H38N2O2/c1-7-13-16(8-2)19(23)17(9-3)21-22-15-12-14-18(22)20(10-4,11-5)24-6/h8,16,18-19,23H,2,7,9-15H2,1,3-6H3/b21-17+/t16-,18-,19+/m0/s1. The van der Waals surface area contributed by atoms with Crippen LogP contribution in [0.3, 0.4) is 0 Å². The Morgan fingerprint density at radius 2 is 2.04 bits per heavy atom. The van der Waals surface area contributed by atoms with Crippen molar-refractivity contribution in [3.63, 3.8) is 0 Å². The number of hydrazone groups is 1. The summed E-state index contributed by atoms with van der Waals surface area (Å²) in [7, 11) is 1.82. The quantitative estimate of drug-likeness (QED) is 0.449. The van der Waals surface area contributed by atoms with Gasteiger partial charge in [-0.25, -0.2) is 0 Å². The molecule has 1 rings (SSSR count). The highest BCUT2D eigenvalue weighted by Gasteiger charge is 2.42. The third-order valence-corrected chi connectivity index (χ3v) is 5.73. The van der Waals surface area contributed by atoms with Gasteiger partial charge < -0.3 is 9.84 Å². The highest BCUT2D eigenvalue weighted by Crippen LogP contribution is 2.35. The molecule has 0 radical (unpaired) electrons. The van der Waals surface area contributed by atoms with Crippen molar-refractivity contribution in [3.05, 3.63) is 12.7 Å². The monoisotopic (exact) mass is 338 g/mol. The minimum absolute atomic E-state index is 0.0827. The van der Waals surface area contributed by atoms with Gasteiger partial charge in [0.15, 0.2) is 0 Å². The largest absolute Gasteiger partial charge is 0.386 e. The molecule has 0 unspecified atom stereocenters. The van der Waals surface area contributed by atoms with Gasteiger partial charge in [-0.05, 0) is 38.5 Å². The van der Waals surface area contributed by atoms with Crippen molar-refractivity contribution in [2.24, 2.45) is 11.0 Å². The Bertz CT molecular complexity index is 396. The predicted octanol–water partition coefficient (Wildman–Crippen LogP) is 4.39. The van der Waals surface area contributed by atoms with Gasteiger partial charge in [0.25, 0.3) is 0 Å². The number of aliphatic hydroxyl groups excluding tert-OH is 1. The molecule has 1 N–H and O–H groups in total. The number of rotatable bonds is 11. The first kappa shape index (κ1) is 21.2. The molecule has 0 saturated carbocycles. The molecule has 1 aliphatic rings. The molecule has 4 heteroatoms. The number of nitrogens with zero attached hydrogens (tertiary/aromatic N) is 2. The second kappa shape index (κ2) is 10.2. The van der Waals surface area contributed by atoms with E-state index in [1.165, 1.54) is 0 Å². The van der Waals surface area contributed by atoms with Gasteiger partial charge in [0.05, 0.1) is 17.4 Å². The van der Waals surface area contributed by atoms with Crippen LogP contribution in [0.25, 0.3) is 0 Å². The predicted molar refractivity (Wildman–Crippen MR) is 102 cm³/mol. The lowest BCUT2D eigenvalue weighted by Crippen LogP contribution is -2.49. The zero-order chi connectivity index (χ0) is 18.2. The maximum absolute atomic E-state index is 10.8. The summed E-state index contributed by atoms with van der Waals surface area (Å²) in [5, 5.41) is 17.9. The van der Waals surface area contributed by atoms with E-state index in [0.717, 1.165) is 57.2 Å². The van der Waals surface area contributed by atoms with Crippen LogP contribution in [0.2, 0.25) is 0 Å². The molecule has 1 aliphatic heterocycles. The van der Waals surface area contributed by atoms with Crippen LogP contribution in [0, 0.1) is 5.92 Å². The first-order chi connectivity index (χ1) is 11.5. The van der Waals surface area contributed by atoms with Crippen LogP contribution in [-0.2, 0) is 4.74 Å². The molecule has 4 nitrogen and oxygen atoms in total. The summed E-state index contributed by atoms with van der Waals surface area (Å²) in [5.41, 5.74) is 0.725. The summed E-state index contributed by atoms with van der Waals surface area (Å²) < 4.78 is 5.94. The van der Waals surface area contributed by atoms with Crippen LogP contribution in [0.15, 0.2) is 17.8 Å². The molecule has 24 heavy (non-hydrogen) atoms. The van der Waals surface area contributed by atoms with Gasteiger partial charge in [0, 0.05) is 19.6 Å². The van der Waals surface area contributed by atoms with E-state index in [9.17, 15) is 5.11 Å². The summed E-state index contributed by atoms with van der Waals surface area (Å²) in [5.74, 6) is 0.0827. The first-order valence-corrected chi connectivity index (χ1v) is 9.73. The van der Waals surface area contributed by atoms with Crippen molar-refractivity contribution >= 4 is 5.71 Å². The third-order valence-electron chi connectivity index (χ3n) is 5.73. The van der Waals surface area contributed by atoms with Crippen molar-refractivity contribution in [1.29, 1.82) is 0 Å². The van der Waals surface area contributed by atoms with Crippen LogP contribution in [-0.4, -0.2) is 47.2 Å². The molecule has 0 aliphatic carbocycles. The Labute approximate surface area is 149 Å². The van der Waals surface area contributed by atoms with E-state index >= 15 is 0 Å². The van der Waals surface area contributed by atoms with E-state index in [-0.39, 0.29) is 11.5 Å². The van der Waals surface area contributed by atoms with E-state index in [4.69, 9.17) is 9.84 Å². The van der Waals surface area contributed by atoms with Crippen molar-refractivity contribution in [2.45, 2.75) is 90.4 Å². The van der Waals surface area contributed by atoms with Crippen molar-refractivity contribution in [1.82, 2.24) is 5.01 Å². The highest BCUT2D eigenvalue weighted by atomic mass is 16.5. The molecular formula is C20H38N2O2. The Morgan fingerprint density at radius 1 is 1.38 bits per heavy atom. The van der Waals surface area contributed by atoms with Gasteiger partial charge in [0.2, 0.25) is 0 Å². The summed E-state index contributed by atoms with van der Waals surface area (Å²) >= 11 is 0. The fraction of sp³-hybridized carbons (Fsp3) is 0.850. The summed E-state index contributed by atoms with van der Waals surface area (Å²) in [4.78, 5) is 0. The average molecular weight is 339 g/mol. The van der Waals surface area contributed by atoms with Gasteiger partial charge >= 0.3 is 0 Å². The van der Waals surface area contributed by atoms with E-state index in [1.807, 2.05) is 13.2 Å². The van der Waals surface area contributed by atoms with Crippen LogP contribution in [0.1, 0.15) is 72.6 Å². The smallest absolute Gasteiger partial charge is 0.100 e. The lowest BCUT2D eigenvalue weighted by Gasteiger charge is -2.40. The molecule has 140 valence electrons. The zero-order valence-electron chi connectivity index (χ0n) is 16.4. The summed E-state index contributed by atoms with van der Waals surface area (Å²) in [6.45, 7) is 13.4. The van der Waals surface area contributed by atoms with E-state index < -0.39 is 6.10 Å². The van der Waals surface area contributed by atoms with E-state index in [0.29, 0.717) is 6.04 Å². The molecule has 0 aromatic heterocycles. The van der Waals surface area contributed by atoms with Crippen molar-refractivity contribution < 1.29 is 9.84 Å². The topological polar surface area (TPSA) is 45.1 Å². The molecule has 3 atom stereocenters. The highest BCUT2D eigenvalue weighted by molar-refractivity contribution is 5.88. The molecule has 0 aromatic carbocycles. The number of ether oxygens (including phenoxy) is 1. The van der Waals surface area contributed by atoms with Crippen molar-refractivity contribution in [2.75, 3.05) is 13.7 Å². The normalized spacial score (nSPS) is 21.8. The molecule has 0 bridgehead atoms. The van der Waals surface area contributed by atoms with Gasteiger partial charge in [-0.2, -0.15) is 5.10 Å². The van der Waals surface area contributed by atoms with Gasteiger partial charge in [-0.1, -0.05) is 40.2 Å². The Morgan fingerprint density at radius 3 is 2.50 bits per heavy atom. The second-order valence-electron chi connectivity index (χ2n) is 6.88. The van der Waals surface area contributed by atoms with Crippen LogP contribution >= 0.6 is 0 Å². The fourth-order valence-electron chi connectivity index (χ4n) is 4.04. The molecular weight excluding hydrogens is 300 g/mol. The lowest BCUT2D eigenvalue weighted by molar-refractivity contribution is -0.0734. The van der Waals surface area contributed by atoms with Crippen LogP contribution < -0.4 is 0 Å². The Hall–Kier alpha value is -0.870. The minimum atomic E-state index is -0.533. The zero-order valence-corrected chi connectivity index (χ0v) is 16.4. The third kappa shape index (κ3) is 4.60. The van der Waals surface area contributed by atoms with Gasteiger partial charge in [-0.15, -0.1) is 6.58 Å². The number of hydrogen-bond donors (Lipinski definition) is 1. The van der Waals surface area contributed by atoms with Gasteiger partial charge in [0.1, 0.15) is 6.10 Å². The van der Waals surface area contributed by atoms with Gasteiger partial charge in [-0.3, -0.25) is 5.01 Å². The maximum Gasteiger partial charge on any atom is 0.100 e. The second-order valence-corrected chi connectivity index (χ2v) is 6.88. The lowest BCUT2D eigenvalue weighted by atomic mass is 9.87. The molecule has 1 heterocycles. The summed E-state index contributed by atoms with van der Waals surface area (Å²) in [6, 6.07) is 0.291. The number of aliphatic hydroxyl groups is 1. The SMILES string of the molecule is C=C[C@@H](CCC)[C@@H](O)/C(CC)=N/N1CCC[C@H]1C(CC)(CC)OC. The molecule has 1 saturated heterocycles. The molecule has 0 spiro atoms. The van der Waals surface area contributed by atoms with Crippen LogP contribution in [0.5, 0.6) is 0 Å². The van der Waals surface area contributed by atoms with Crippen LogP contribution in [0.4, 0.5) is 0 Å². The Balaban J connectivity index is 3.03. The average Bonchev–Trinajstić information content (AvgIpc) is 3.08. The number of hydrogen-bond acceptors (Lipinski definition) is 4. The first-order valence-electron chi connectivity index (χ1n) is 9.73.